The van der Waals surface area contributed by atoms with E-state index in [0.29, 0.717) is 0 Å². The predicted molar refractivity (Wildman–Crippen MR) is 51.2 cm³/mol. The first-order chi connectivity index (χ1) is 5.33. The fraction of sp³-hybridized carbons (Fsp3) is 0. The molecule has 0 aromatic carbocycles. The molecule has 0 fully saturated rings. The first kappa shape index (κ1) is 37.1. The van der Waals surface area contributed by atoms with Crippen LogP contribution in [0.15, 0.2) is 17.1 Å². The molecule has 0 radical (unpaired) electrons. The zero-order chi connectivity index (χ0) is 8.95. The third-order valence-electron chi connectivity index (χ3n) is 0.347. The summed E-state index contributed by atoms with van der Waals surface area (Å²) in [6, 6.07) is 0. The van der Waals surface area contributed by atoms with Crippen molar-refractivity contribution in [1.29, 1.82) is 0 Å². The average Bonchev–Trinajstić information content (AvgIpc) is 2.44. The molecule has 15 heavy (non-hydrogen) atoms. The molecule has 1 aromatic heterocycles. The fourth-order valence-corrected chi connectivity index (χ4v) is 0.527. The Morgan fingerprint density at radius 1 is 1.00 bits per heavy atom. The van der Waals surface area contributed by atoms with Crippen molar-refractivity contribution in [3.63, 3.8) is 0 Å². The van der Waals surface area contributed by atoms with Crippen LogP contribution in [0.25, 0.3) is 31.9 Å². The summed E-state index contributed by atoms with van der Waals surface area (Å²) in [5, 5.41) is 1.93. The van der Waals surface area contributed by atoms with Crippen molar-refractivity contribution >= 4 is 11.3 Å². The van der Waals surface area contributed by atoms with Gasteiger partial charge < -0.3 is 39.2 Å². The molecular formula is C3H8N8O2PtS. The molecule has 0 aliphatic carbocycles. The average molecular weight is 415 g/mol. The summed E-state index contributed by atoms with van der Waals surface area (Å²) < 4.78 is 0. The van der Waals surface area contributed by atoms with E-state index in [1.165, 1.54) is 9.82 Å². The molecule has 1 rings (SSSR count). The molecule has 0 atom stereocenters. The summed E-state index contributed by atoms with van der Waals surface area (Å²) in [6.45, 7) is 0. The van der Waals surface area contributed by atoms with Gasteiger partial charge in [-0.1, -0.05) is 0 Å². The Bertz CT molecular complexity index is 189. The van der Waals surface area contributed by atoms with Gasteiger partial charge in [0.1, 0.15) is 0 Å². The summed E-state index contributed by atoms with van der Waals surface area (Å²) in [6.07, 6.45) is 1.77. The van der Waals surface area contributed by atoms with Gasteiger partial charge in [-0.25, -0.2) is 0 Å². The van der Waals surface area contributed by atoms with Crippen LogP contribution in [-0.2, 0) is 21.1 Å². The predicted octanol–water partition coefficient (Wildman–Crippen LogP) is 2.68. The Morgan fingerprint density at radius 2 is 1.33 bits per heavy atom. The molecule has 0 bridgehead atoms. The first-order valence-electron chi connectivity index (χ1n) is 2.12. The van der Waals surface area contributed by atoms with Crippen molar-refractivity contribution in [2.75, 3.05) is 0 Å². The standard InChI is InChI=1S/C3H3NS.2N3.H3N.2H2O.Pt/c1-2-5-3-4-1;2*1-3-2;;;;/h1-3H;;;1H3;2*1H2;/q;2*-1;;;;+4/p-2. The maximum atomic E-state index is 6.75. The van der Waals surface area contributed by atoms with E-state index in [0.717, 1.165) is 0 Å². The van der Waals surface area contributed by atoms with Crippen LogP contribution >= 0.6 is 11.3 Å². The second-order valence-electron chi connectivity index (χ2n) is 0.855. The number of thiazole rings is 1. The van der Waals surface area contributed by atoms with Gasteiger partial charge >= 0.3 is 21.1 Å². The molecule has 12 heteroatoms. The Labute approximate surface area is 104 Å². The van der Waals surface area contributed by atoms with Gasteiger partial charge in [-0.15, -0.1) is 11.3 Å². The van der Waals surface area contributed by atoms with Gasteiger partial charge in [-0.2, -0.15) is 0 Å². The fourth-order valence-electron chi connectivity index (χ4n) is 0.176. The smallest absolute Gasteiger partial charge is 0.870 e. The van der Waals surface area contributed by atoms with Crippen molar-refractivity contribution < 1.29 is 32.0 Å². The van der Waals surface area contributed by atoms with Crippen molar-refractivity contribution in [2.45, 2.75) is 0 Å². The topological polar surface area (TPSA) is 225 Å². The maximum absolute atomic E-state index is 6.75. The van der Waals surface area contributed by atoms with Gasteiger partial charge in [0, 0.05) is 11.6 Å². The van der Waals surface area contributed by atoms with Crippen LogP contribution < -0.4 is 6.15 Å². The number of aromatic nitrogens is 1. The van der Waals surface area contributed by atoms with E-state index in [-0.39, 0.29) is 38.2 Å². The number of rotatable bonds is 0. The minimum absolute atomic E-state index is 0. The Balaban J connectivity index is -0.0000000187. The van der Waals surface area contributed by atoms with E-state index in [1.807, 2.05) is 5.38 Å². The number of hydrogen-bond donors (Lipinski definition) is 1. The van der Waals surface area contributed by atoms with Gasteiger partial charge in [-0.05, 0) is 0 Å². The zero-order valence-electron chi connectivity index (χ0n) is 7.19. The largest absolute Gasteiger partial charge is 4.00 e. The molecule has 0 saturated carbocycles. The molecular weight excluding hydrogens is 407 g/mol. The normalized spacial score (nSPS) is 3.73. The molecule has 88 valence electrons. The van der Waals surface area contributed by atoms with E-state index >= 15 is 0 Å². The third kappa shape index (κ3) is 103. The van der Waals surface area contributed by atoms with E-state index in [4.69, 9.17) is 22.1 Å². The molecule has 0 saturated heterocycles. The van der Waals surface area contributed by atoms with Gasteiger partial charge in [0.25, 0.3) is 0 Å². The summed E-state index contributed by atoms with van der Waals surface area (Å²) in [4.78, 5) is 6.74. The summed E-state index contributed by atoms with van der Waals surface area (Å²) in [5.41, 5.74) is 28.8. The van der Waals surface area contributed by atoms with E-state index in [2.05, 4.69) is 4.98 Å². The minimum Gasteiger partial charge on any atom is -0.870 e. The SMILES string of the molecule is N.[N-]=[N+]=[N-].[N-]=[N+]=[N-].[OH-].[OH-].[Pt+4].c1cscn1. The quantitative estimate of drug-likeness (QED) is 0.382. The molecule has 10 nitrogen and oxygen atoms in total. The van der Waals surface area contributed by atoms with Gasteiger partial charge in [0.15, 0.2) is 0 Å². The van der Waals surface area contributed by atoms with Crippen LogP contribution in [0, 0.1) is 0 Å². The van der Waals surface area contributed by atoms with E-state index < -0.39 is 0 Å². The van der Waals surface area contributed by atoms with Gasteiger partial charge in [-0.3, -0.25) is 14.8 Å². The summed E-state index contributed by atoms with van der Waals surface area (Å²) in [5.74, 6) is 0. The van der Waals surface area contributed by atoms with Crippen LogP contribution in [0.2, 0.25) is 0 Å². The third-order valence-corrected chi connectivity index (χ3v) is 0.869. The van der Waals surface area contributed by atoms with Crippen LogP contribution in [0.1, 0.15) is 0 Å². The second kappa shape index (κ2) is 52.9. The zero-order valence-corrected chi connectivity index (χ0v) is 10.3. The van der Waals surface area contributed by atoms with E-state index in [1.54, 1.807) is 23.0 Å². The van der Waals surface area contributed by atoms with Crippen molar-refractivity contribution in [1.82, 2.24) is 11.1 Å². The van der Waals surface area contributed by atoms with Crippen molar-refractivity contribution in [3.8, 4) is 0 Å². The minimum atomic E-state index is 0. The molecule has 1 heterocycles. The van der Waals surface area contributed by atoms with E-state index in [9.17, 15) is 0 Å². The van der Waals surface area contributed by atoms with Crippen LogP contribution in [0.4, 0.5) is 0 Å². The molecule has 0 amide bonds. The van der Waals surface area contributed by atoms with Crippen LogP contribution in [0.5, 0.6) is 0 Å². The van der Waals surface area contributed by atoms with Gasteiger partial charge in [0.2, 0.25) is 0 Å². The molecule has 0 spiro atoms. The van der Waals surface area contributed by atoms with Gasteiger partial charge in [0.05, 0.1) is 5.51 Å². The Hall–Kier alpha value is -1.18. The number of nitrogens with zero attached hydrogens (tertiary/aromatic N) is 7. The summed E-state index contributed by atoms with van der Waals surface area (Å²) in [7, 11) is 0. The Kier molecular flexibility index (Phi) is 131. The maximum Gasteiger partial charge on any atom is 4.00 e. The molecule has 0 aliphatic rings. The van der Waals surface area contributed by atoms with Crippen molar-refractivity contribution in [2.24, 2.45) is 0 Å². The monoisotopic (exact) mass is 415 g/mol. The van der Waals surface area contributed by atoms with Crippen LogP contribution in [0.3, 0.4) is 0 Å². The van der Waals surface area contributed by atoms with Crippen molar-refractivity contribution in [3.05, 3.63) is 49.0 Å². The number of hydrogen-bond acceptors (Lipinski definition) is 5. The molecule has 0 aliphatic heterocycles. The second-order valence-corrected chi connectivity index (χ2v) is 1.61. The molecule has 5 N–H and O–H groups in total. The molecule has 0 unspecified atom stereocenters. The molecule has 1 aromatic rings. The first-order valence-corrected chi connectivity index (χ1v) is 3.06. The van der Waals surface area contributed by atoms with Crippen LogP contribution in [-0.4, -0.2) is 15.9 Å². The Morgan fingerprint density at radius 3 is 1.40 bits per heavy atom. The summed E-state index contributed by atoms with van der Waals surface area (Å²) >= 11 is 1.60.